The number of amides is 2. The predicted octanol–water partition coefficient (Wildman–Crippen LogP) is 4.50. The van der Waals surface area contributed by atoms with E-state index in [0.717, 1.165) is 11.6 Å². The summed E-state index contributed by atoms with van der Waals surface area (Å²) >= 11 is 5.92. The van der Waals surface area contributed by atoms with E-state index >= 15 is 0 Å². The van der Waals surface area contributed by atoms with Gasteiger partial charge in [-0.2, -0.15) is 13.2 Å². The second-order valence-electron chi connectivity index (χ2n) is 8.94. The van der Waals surface area contributed by atoms with Crippen molar-refractivity contribution < 1.29 is 32.2 Å². The Kier molecular flexibility index (Phi) is 8.11. The van der Waals surface area contributed by atoms with Crippen molar-refractivity contribution in [1.82, 2.24) is 10.6 Å². The molecule has 2 aromatic carbocycles. The van der Waals surface area contributed by atoms with Gasteiger partial charge in [0, 0.05) is 28.2 Å². The lowest BCUT2D eigenvalue weighted by atomic mass is 9.91. The monoisotopic (exact) mass is 548 g/mol. The summed E-state index contributed by atoms with van der Waals surface area (Å²) in [6, 6.07) is 10.4. The molecule has 2 amide bonds. The summed E-state index contributed by atoms with van der Waals surface area (Å²) in [5, 5.41) is 11.9. The summed E-state index contributed by atoms with van der Waals surface area (Å²) < 4.78 is 50.8. The molecule has 0 bridgehead atoms. The Hall–Kier alpha value is -3.78. The first-order valence-electron chi connectivity index (χ1n) is 11.8. The topological polar surface area (TPSA) is 101 Å². The summed E-state index contributed by atoms with van der Waals surface area (Å²) in [5.74, 6) is 2.43. The van der Waals surface area contributed by atoms with E-state index < -0.39 is 17.7 Å². The maximum absolute atomic E-state index is 13.3. The van der Waals surface area contributed by atoms with E-state index in [9.17, 15) is 22.8 Å². The van der Waals surface area contributed by atoms with Gasteiger partial charge in [0.25, 0.3) is 11.8 Å². The number of alkyl halides is 3. The molecule has 2 N–H and O–H groups in total. The highest BCUT2D eigenvalue weighted by Crippen LogP contribution is 2.54. The van der Waals surface area contributed by atoms with Crippen molar-refractivity contribution in [3.63, 3.8) is 0 Å². The SMILES string of the molecule is C#Cc1ccc(OCC(=O)NC2CCC(NC(=O)COc3ccc(Cl)c(C4(C(F)(F)F)N=N4)c3)CC2)cc1. The average molecular weight is 549 g/mol. The van der Waals surface area contributed by atoms with Gasteiger partial charge in [0.1, 0.15) is 11.5 Å². The standard InChI is InChI=1S/C26H24ClF3N4O4/c1-2-16-3-9-19(10-4-16)37-14-23(35)31-17-5-7-18(8-6-17)32-24(36)15-38-20-11-12-22(27)21(13-20)25(33-34-25)26(28,29)30/h1,3-4,9-13,17-18H,5-8,14-15H2,(H,31,35)(H,32,36). The Bertz CT molecular complexity index is 1250. The van der Waals surface area contributed by atoms with Crippen molar-refractivity contribution in [3.05, 3.63) is 58.6 Å². The maximum atomic E-state index is 13.3. The summed E-state index contributed by atoms with van der Waals surface area (Å²) in [6.45, 7) is -0.507. The van der Waals surface area contributed by atoms with Crippen LogP contribution in [0.15, 0.2) is 52.7 Å². The third kappa shape index (κ3) is 6.55. The Morgan fingerprint density at radius 1 is 0.947 bits per heavy atom. The minimum Gasteiger partial charge on any atom is -0.484 e. The quantitative estimate of drug-likeness (QED) is 0.450. The van der Waals surface area contributed by atoms with Crippen LogP contribution in [0.1, 0.15) is 36.8 Å². The van der Waals surface area contributed by atoms with E-state index in [1.807, 2.05) is 0 Å². The third-order valence-electron chi connectivity index (χ3n) is 6.23. The molecule has 0 saturated heterocycles. The van der Waals surface area contributed by atoms with Gasteiger partial charge in [-0.25, -0.2) is 0 Å². The van der Waals surface area contributed by atoms with Crippen LogP contribution in [-0.4, -0.2) is 43.3 Å². The Labute approximate surface area is 221 Å². The van der Waals surface area contributed by atoms with E-state index in [4.69, 9.17) is 27.5 Å². The van der Waals surface area contributed by atoms with Gasteiger partial charge in [0.05, 0.1) is 0 Å². The van der Waals surface area contributed by atoms with E-state index in [2.05, 4.69) is 26.8 Å². The number of hydrogen-bond donors (Lipinski definition) is 2. The Morgan fingerprint density at radius 2 is 1.45 bits per heavy atom. The molecule has 4 rings (SSSR count). The molecule has 2 aromatic rings. The second kappa shape index (κ2) is 11.3. The third-order valence-corrected chi connectivity index (χ3v) is 6.56. The number of carbonyl (C=O) groups is 2. The lowest BCUT2D eigenvalue weighted by Crippen LogP contribution is -2.45. The fraction of sp³-hybridized carbons (Fsp3) is 0.385. The highest BCUT2D eigenvalue weighted by atomic mass is 35.5. The zero-order valence-electron chi connectivity index (χ0n) is 20.1. The van der Waals surface area contributed by atoms with Crippen LogP contribution in [0, 0.1) is 12.3 Å². The van der Waals surface area contributed by atoms with Crippen molar-refractivity contribution in [2.45, 2.75) is 49.6 Å². The van der Waals surface area contributed by atoms with Crippen LogP contribution in [0.4, 0.5) is 13.2 Å². The van der Waals surface area contributed by atoms with Gasteiger partial charge in [-0.15, -0.1) is 16.7 Å². The summed E-state index contributed by atoms with van der Waals surface area (Å²) in [5.41, 5.74) is -2.31. The largest absolute Gasteiger partial charge is 0.484 e. The number of nitrogens with zero attached hydrogens (tertiary/aromatic N) is 2. The van der Waals surface area contributed by atoms with Crippen molar-refractivity contribution in [2.75, 3.05) is 13.2 Å². The molecule has 12 heteroatoms. The molecular weight excluding hydrogens is 525 g/mol. The van der Waals surface area contributed by atoms with Gasteiger partial charge >= 0.3 is 11.8 Å². The van der Waals surface area contributed by atoms with Crippen LogP contribution in [0.5, 0.6) is 11.5 Å². The number of benzene rings is 2. The minimum atomic E-state index is -4.73. The normalized spacial score (nSPS) is 19.7. The fourth-order valence-corrected chi connectivity index (χ4v) is 4.40. The molecule has 1 aliphatic carbocycles. The second-order valence-corrected chi connectivity index (χ2v) is 9.35. The maximum Gasteiger partial charge on any atom is 0.442 e. The molecule has 1 saturated carbocycles. The highest BCUT2D eigenvalue weighted by Gasteiger charge is 2.66. The van der Waals surface area contributed by atoms with E-state index in [1.165, 1.54) is 12.1 Å². The summed E-state index contributed by atoms with van der Waals surface area (Å²) in [7, 11) is 0. The molecule has 2 aliphatic rings. The first-order valence-corrected chi connectivity index (χ1v) is 12.2. The van der Waals surface area contributed by atoms with Crippen LogP contribution in [0.25, 0.3) is 0 Å². The molecule has 0 radical (unpaired) electrons. The number of rotatable bonds is 9. The lowest BCUT2D eigenvalue weighted by molar-refractivity contribution is -0.166. The van der Waals surface area contributed by atoms with E-state index in [0.29, 0.717) is 31.4 Å². The predicted molar refractivity (Wildman–Crippen MR) is 132 cm³/mol. The van der Waals surface area contributed by atoms with Crippen molar-refractivity contribution in [1.29, 1.82) is 0 Å². The zero-order chi connectivity index (χ0) is 27.3. The average Bonchev–Trinajstić information content (AvgIpc) is 3.71. The molecule has 200 valence electrons. The van der Waals surface area contributed by atoms with Gasteiger partial charge in [-0.3, -0.25) is 9.59 Å². The molecule has 1 aliphatic heterocycles. The van der Waals surface area contributed by atoms with Gasteiger partial charge < -0.3 is 20.1 Å². The number of halogens is 4. The molecule has 0 unspecified atom stereocenters. The molecule has 1 fully saturated rings. The van der Waals surface area contributed by atoms with Crippen LogP contribution in [-0.2, 0) is 15.3 Å². The first kappa shape index (κ1) is 27.3. The van der Waals surface area contributed by atoms with Crippen LogP contribution < -0.4 is 20.1 Å². The number of ether oxygens (including phenoxy) is 2. The van der Waals surface area contributed by atoms with Gasteiger partial charge in [-0.05, 0) is 68.1 Å². The van der Waals surface area contributed by atoms with E-state index in [-0.39, 0.29) is 47.5 Å². The van der Waals surface area contributed by atoms with E-state index in [1.54, 1.807) is 24.3 Å². The van der Waals surface area contributed by atoms with Gasteiger partial charge in [-0.1, -0.05) is 17.5 Å². The smallest absolute Gasteiger partial charge is 0.442 e. The fourth-order valence-electron chi connectivity index (χ4n) is 4.15. The Balaban J connectivity index is 1.17. The summed E-state index contributed by atoms with van der Waals surface area (Å²) in [4.78, 5) is 24.6. The van der Waals surface area contributed by atoms with Gasteiger partial charge in [0.2, 0.25) is 0 Å². The molecule has 0 spiro atoms. The van der Waals surface area contributed by atoms with Crippen LogP contribution in [0.3, 0.4) is 0 Å². The van der Waals surface area contributed by atoms with Crippen molar-refractivity contribution in [2.24, 2.45) is 10.2 Å². The number of carbonyl (C=O) groups excluding carboxylic acids is 2. The number of hydrogen-bond acceptors (Lipinski definition) is 6. The molecule has 0 atom stereocenters. The number of nitrogens with one attached hydrogen (secondary N) is 2. The van der Waals surface area contributed by atoms with Gasteiger partial charge in [0.15, 0.2) is 13.2 Å². The molecule has 0 aromatic heterocycles. The molecule has 8 nitrogen and oxygen atoms in total. The highest BCUT2D eigenvalue weighted by molar-refractivity contribution is 6.31. The first-order chi connectivity index (χ1) is 18.1. The van der Waals surface area contributed by atoms with Crippen LogP contribution in [0.2, 0.25) is 5.02 Å². The van der Waals surface area contributed by atoms with Crippen molar-refractivity contribution >= 4 is 23.4 Å². The number of terminal acetylenes is 1. The summed E-state index contributed by atoms with van der Waals surface area (Å²) in [6.07, 6.45) is 3.21. The molecule has 1 heterocycles. The minimum absolute atomic E-state index is 0.0361. The molecule has 38 heavy (non-hydrogen) atoms. The lowest BCUT2D eigenvalue weighted by Gasteiger charge is -2.29. The zero-order valence-corrected chi connectivity index (χ0v) is 20.8. The van der Waals surface area contributed by atoms with Crippen LogP contribution >= 0.6 is 11.6 Å². The molecular formula is C26H24ClF3N4O4. The Morgan fingerprint density at radius 3 is 1.92 bits per heavy atom. The van der Waals surface area contributed by atoms with Crippen molar-refractivity contribution in [3.8, 4) is 23.8 Å².